The van der Waals surface area contributed by atoms with Gasteiger partial charge in [-0.1, -0.05) is 0 Å². The lowest BCUT2D eigenvalue weighted by Crippen LogP contribution is -2.27. The molecule has 1 saturated heterocycles. The third kappa shape index (κ3) is 1.52. The van der Waals surface area contributed by atoms with Gasteiger partial charge in [0.25, 0.3) is 0 Å². The van der Waals surface area contributed by atoms with Crippen LogP contribution in [0.1, 0.15) is 19.1 Å². The standard InChI is InChI=1S/C7H10N4O2/c8-6-9-4-11(7(12)10-6)5-2-1-3-13-5/h4-5H,1-3H2,(H2,8,10,12). The minimum atomic E-state index is -0.403. The molecule has 0 radical (unpaired) electrons. The highest BCUT2D eigenvalue weighted by molar-refractivity contribution is 5.09. The molecule has 0 aliphatic carbocycles. The van der Waals surface area contributed by atoms with Crippen LogP contribution in [0.15, 0.2) is 11.1 Å². The predicted molar refractivity (Wildman–Crippen MR) is 44.9 cm³/mol. The summed E-state index contributed by atoms with van der Waals surface area (Å²) in [5, 5.41) is 0. The van der Waals surface area contributed by atoms with Gasteiger partial charge in [0, 0.05) is 6.61 Å². The summed E-state index contributed by atoms with van der Waals surface area (Å²) in [4.78, 5) is 18.5. The highest BCUT2D eigenvalue weighted by atomic mass is 16.5. The zero-order valence-corrected chi connectivity index (χ0v) is 7.01. The second kappa shape index (κ2) is 3.14. The Morgan fingerprint density at radius 1 is 1.69 bits per heavy atom. The van der Waals surface area contributed by atoms with Gasteiger partial charge in [-0.25, -0.2) is 9.78 Å². The largest absolute Gasteiger partial charge is 0.368 e. The van der Waals surface area contributed by atoms with Gasteiger partial charge in [0.1, 0.15) is 12.6 Å². The molecule has 0 aromatic carbocycles. The molecule has 0 bridgehead atoms. The average Bonchev–Trinajstić information content (AvgIpc) is 2.56. The number of nitrogen functional groups attached to an aromatic ring is 1. The van der Waals surface area contributed by atoms with Crippen LogP contribution >= 0.6 is 0 Å². The Hall–Kier alpha value is -1.43. The molecule has 1 aliphatic heterocycles. The van der Waals surface area contributed by atoms with E-state index >= 15 is 0 Å². The minimum Gasteiger partial charge on any atom is -0.368 e. The lowest BCUT2D eigenvalue weighted by atomic mass is 10.3. The zero-order chi connectivity index (χ0) is 9.26. The molecule has 0 saturated carbocycles. The smallest absolute Gasteiger partial charge is 0.354 e. The highest BCUT2D eigenvalue weighted by Gasteiger charge is 2.18. The fraction of sp³-hybridized carbons (Fsp3) is 0.571. The van der Waals surface area contributed by atoms with Crippen molar-refractivity contribution >= 4 is 5.95 Å². The quantitative estimate of drug-likeness (QED) is 0.634. The van der Waals surface area contributed by atoms with Gasteiger partial charge in [-0.05, 0) is 12.8 Å². The van der Waals surface area contributed by atoms with E-state index in [9.17, 15) is 4.79 Å². The molecule has 1 aromatic rings. The SMILES string of the molecule is Nc1ncn(C2CCCO2)c(=O)n1. The molecule has 6 nitrogen and oxygen atoms in total. The van der Waals surface area contributed by atoms with Crippen molar-refractivity contribution in [1.82, 2.24) is 14.5 Å². The third-order valence-corrected chi connectivity index (χ3v) is 1.96. The topological polar surface area (TPSA) is 83.0 Å². The van der Waals surface area contributed by atoms with Crippen molar-refractivity contribution in [3.63, 3.8) is 0 Å². The van der Waals surface area contributed by atoms with Crippen LogP contribution in [0.25, 0.3) is 0 Å². The molecule has 1 atom stereocenters. The van der Waals surface area contributed by atoms with Crippen molar-refractivity contribution in [3.8, 4) is 0 Å². The fourth-order valence-electron chi connectivity index (χ4n) is 1.33. The first-order chi connectivity index (χ1) is 6.27. The normalized spacial score (nSPS) is 22.0. The van der Waals surface area contributed by atoms with Crippen LogP contribution in [0.5, 0.6) is 0 Å². The fourth-order valence-corrected chi connectivity index (χ4v) is 1.33. The first-order valence-corrected chi connectivity index (χ1v) is 4.09. The van der Waals surface area contributed by atoms with Gasteiger partial charge >= 0.3 is 5.69 Å². The lowest BCUT2D eigenvalue weighted by molar-refractivity contribution is 0.0518. The number of hydrogen-bond donors (Lipinski definition) is 1. The maximum Gasteiger partial charge on any atom is 0.354 e. The molecule has 1 aromatic heterocycles. The second-order valence-electron chi connectivity index (χ2n) is 2.87. The molecule has 0 amide bonds. The summed E-state index contributed by atoms with van der Waals surface area (Å²) in [5.74, 6) is -0.000697. The van der Waals surface area contributed by atoms with E-state index in [4.69, 9.17) is 10.5 Å². The monoisotopic (exact) mass is 182 g/mol. The minimum absolute atomic E-state index is 0.000697. The predicted octanol–water partition coefficient (Wildman–Crippen LogP) is -0.471. The van der Waals surface area contributed by atoms with Gasteiger partial charge in [-0.15, -0.1) is 0 Å². The van der Waals surface area contributed by atoms with Gasteiger partial charge in [0.2, 0.25) is 5.95 Å². The van der Waals surface area contributed by atoms with E-state index in [1.165, 1.54) is 10.9 Å². The van der Waals surface area contributed by atoms with Gasteiger partial charge in [0.15, 0.2) is 0 Å². The van der Waals surface area contributed by atoms with E-state index < -0.39 is 5.69 Å². The number of rotatable bonds is 1. The maximum absolute atomic E-state index is 11.3. The molecule has 2 N–H and O–H groups in total. The van der Waals surface area contributed by atoms with Crippen molar-refractivity contribution in [3.05, 3.63) is 16.8 Å². The van der Waals surface area contributed by atoms with E-state index in [2.05, 4.69) is 9.97 Å². The number of anilines is 1. The Balaban J connectivity index is 2.34. The molecule has 6 heteroatoms. The Morgan fingerprint density at radius 3 is 3.15 bits per heavy atom. The molecule has 70 valence electrons. The lowest BCUT2D eigenvalue weighted by Gasteiger charge is -2.10. The molecule has 1 unspecified atom stereocenters. The zero-order valence-electron chi connectivity index (χ0n) is 7.01. The van der Waals surface area contributed by atoms with Crippen molar-refractivity contribution in [2.75, 3.05) is 12.3 Å². The summed E-state index contributed by atoms with van der Waals surface area (Å²) in [7, 11) is 0. The number of nitrogens with two attached hydrogens (primary N) is 1. The van der Waals surface area contributed by atoms with Gasteiger partial charge in [0.05, 0.1) is 0 Å². The number of ether oxygens (including phenoxy) is 1. The summed E-state index contributed by atoms with van der Waals surface area (Å²) in [6.45, 7) is 0.682. The molecular formula is C7H10N4O2. The molecule has 2 rings (SSSR count). The van der Waals surface area contributed by atoms with Crippen LogP contribution in [-0.4, -0.2) is 21.1 Å². The van der Waals surface area contributed by atoms with Crippen LogP contribution in [0.3, 0.4) is 0 Å². The molecular weight excluding hydrogens is 172 g/mol. The van der Waals surface area contributed by atoms with E-state index in [0.717, 1.165) is 12.8 Å². The summed E-state index contributed by atoms with van der Waals surface area (Å²) < 4.78 is 6.67. The van der Waals surface area contributed by atoms with Crippen LogP contribution in [0, 0.1) is 0 Å². The average molecular weight is 182 g/mol. The molecule has 0 spiro atoms. The summed E-state index contributed by atoms with van der Waals surface area (Å²) in [6, 6.07) is 0. The maximum atomic E-state index is 11.3. The molecule has 2 heterocycles. The third-order valence-electron chi connectivity index (χ3n) is 1.96. The molecule has 1 aliphatic rings. The van der Waals surface area contributed by atoms with Crippen molar-refractivity contribution < 1.29 is 4.74 Å². The summed E-state index contributed by atoms with van der Waals surface area (Å²) in [6.07, 6.45) is 2.95. The van der Waals surface area contributed by atoms with Crippen LogP contribution in [0.2, 0.25) is 0 Å². The van der Waals surface area contributed by atoms with Gasteiger partial charge < -0.3 is 10.5 Å². The Morgan fingerprint density at radius 2 is 2.54 bits per heavy atom. The second-order valence-corrected chi connectivity index (χ2v) is 2.87. The summed E-state index contributed by atoms with van der Waals surface area (Å²) in [5.41, 5.74) is 4.85. The first kappa shape index (κ1) is 8.18. The van der Waals surface area contributed by atoms with Gasteiger partial charge in [-0.2, -0.15) is 4.98 Å². The van der Waals surface area contributed by atoms with Crippen molar-refractivity contribution in [1.29, 1.82) is 0 Å². The van der Waals surface area contributed by atoms with E-state index in [0.29, 0.717) is 6.61 Å². The van der Waals surface area contributed by atoms with Crippen molar-refractivity contribution in [2.24, 2.45) is 0 Å². The van der Waals surface area contributed by atoms with Gasteiger partial charge in [-0.3, -0.25) is 4.57 Å². The molecule has 1 fully saturated rings. The van der Waals surface area contributed by atoms with E-state index in [-0.39, 0.29) is 12.2 Å². The van der Waals surface area contributed by atoms with E-state index in [1.54, 1.807) is 0 Å². The van der Waals surface area contributed by atoms with Crippen LogP contribution in [0.4, 0.5) is 5.95 Å². The van der Waals surface area contributed by atoms with Crippen LogP contribution < -0.4 is 11.4 Å². The van der Waals surface area contributed by atoms with Crippen LogP contribution in [-0.2, 0) is 4.74 Å². The highest BCUT2D eigenvalue weighted by Crippen LogP contribution is 2.20. The van der Waals surface area contributed by atoms with Crippen molar-refractivity contribution in [2.45, 2.75) is 19.1 Å². The first-order valence-electron chi connectivity index (χ1n) is 4.09. The Kier molecular flexibility index (Phi) is 1.97. The number of aromatic nitrogens is 3. The summed E-state index contributed by atoms with van der Waals surface area (Å²) >= 11 is 0. The van der Waals surface area contributed by atoms with E-state index in [1.807, 2.05) is 0 Å². The number of nitrogens with zero attached hydrogens (tertiary/aromatic N) is 3. The Labute approximate surface area is 74.4 Å². The molecule has 13 heavy (non-hydrogen) atoms. The Bertz CT molecular complexity index is 356. The number of hydrogen-bond acceptors (Lipinski definition) is 5.